The van der Waals surface area contributed by atoms with Crippen molar-refractivity contribution in [1.82, 2.24) is 16.0 Å². The topological polar surface area (TPSA) is 65.5 Å². The average molecular weight is 464 g/mol. The minimum atomic E-state index is 0. The van der Waals surface area contributed by atoms with E-state index in [4.69, 9.17) is 0 Å². The van der Waals surface area contributed by atoms with Crippen molar-refractivity contribution in [2.45, 2.75) is 58.0 Å². The van der Waals surface area contributed by atoms with E-state index in [1.54, 1.807) is 18.4 Å². The molecule has 136 valence electrons. The second-order valence-electron chi connectivity index (χ2n) is 6.02. The molecule has 1 aliphatic carbocycles. The lowest BCUT2D eigenvalue weighted by molar-refractivity contribution is -0.121. The van der Waals surface area contributed by atoms with E-state index in [2.05, 4.69) is 40.0 Å². The van der Waals surface area contributed by atoms with E-state index >= 15 is 0 Å². The molecule has 3 N–H and O–H groups in total. The fraction of sp³-hybridized carbons (Fsp3) is 0.647. The molecule has 0 radical (unpaired) electrons. The van der Waals surface area contributed by atoms with Crippen molar-refractivity contribution in [3.63, 3.8) is 0 Å². The Hall–Kier alpha value is -0.830. The van der Waals surface area contributed by atoms with E-state index in [-0.39, 0.29) is 29.9 Å². The lowest BCUT2D eigenvalue weighted by Crippen LogP contribution is -2.41. The number of hydrogen-bond donors (Lipinski definition) is 3. The number of aryl methyl sites for hydroxylation is 1. The van der Waals surface area contributed by atoms with E-state index in [0.29, 0.717) is 19.0 Å². The number of aliphatic imine (C=N–C) groups is 1. The molecule has 1 aromatic heterocycles. The number of amides is 1. The van der Waals surface area contributed by atoms with Crippen molar-refractivity contribution in [2.24, 2.45) is 4.99 Å². The molecule has 7 heteroatoms. The van der Waals surface area contributed by atoms with E-state index in [9.17, 15) is 4.79 Å². The van der Waals surface area contributed by atoms with Gasteiger partial charge in [-0.05, 0) is 31.9 Å². The largest absolute Gasteiger partial charge is 0.356 e. The highest BCUT2D eigenvalue weighted by Crippen LogP contribution is 2.17. The van der Waals surface area contributed by atoms with Crippen LogP contribution in [0.2, 0.25) is 0 Å². The van der Waals surface area contributed by atoms with E-state index in [1.807, 2.05) is 0 Å². The Kier molecular flexibility index (Phi) is 10.3. The molecule has 1 fully saturated rings. The van der Waals surface area contributed by atoms with Crippen LogP contribution in [0.1, 0.15) is 48.3 Å². The number of nitrogens with zero attached hydrogens (tertiary/aromatic N) is 1. The van der Waals surface area contributed by atoms with Crippen LogP contribution < -0.4 is 16.0 Å². The van der Waals surface area contributed by atoms with Crippen molar-refractivity contribution >= 4 is 47.2 Å². The van der Waals surface area contributed by atoms with Crippen molar-refractivity contribution in [2.75, 3.05) is 13.6 Å². The van der Waals surface area contributed by atoms with Gasteiger partial charge in [-0.15, -0.1) is 35.3 Å². The van der Waals surface area contributed by atoms with Gasteiger partial charge in [0.1, 0.15) is 0 Å². The molecule has 1 aliphatic rings. The maximum absolute atomic E-state index is 12.0. The molecule has 24 heavy (non-hydrogen) atoms. The number of rotatable bonds is 6. The van der Waals surface area contributed by atoms with E-state index in [1.165, 1.54) is 29.0 Å². The number of thiophene rings is 1. The molecular formula is C17H29IN4OS. The number of hydrogen-bond acceptors (Lipinski definition) is 3. The molecular weight excluding hydrogens is 435 g/mol. The summed E-state index contributed by atoms with van der Waals surface area (Å²) in [6.45, 7) is 3.46. The number of carbonyl (C=O) groups is 1. The zero-order chi connectivity index (χ0) is 16.5. The van der Waals surface area contributed by atoms with Crippen LogP contribution in [0, 0.1) is 6.92 Å². The fourth-order valence-corrected chi connectivity index (χ4v) is 3.64. The van der Waals surface area contributed by atoms with Crippen LogP contribution in [0.25, 0.3) is 0 Å². The van der Waals surface area contributed by atoms with Gasteiger partial charge in [0.15, 0.2) is 5.96 Å². The first-order valence-corrected chi connectivity index (χ1v) is 9.28. The molecule has 1 heterocycles. The summed E-state index contributed by atoms with van der Waals surface area (Å²) in [5.74, 6) is 0.871. The lowest BCUT2D eigenvalue weighted by Gasteiger charge is -2.22. The van der Waals surface area contributed by atoms with Crippen molar-refractivity contribution in [3.8, 4) is 0 Å². The summed E-state index contributed by atoms with van der Waals surface area (Å²) < 4.78 is 0. The third kappa shape index (κ3) is 7.83. The Morgan fingerprint density at radius 1 is 1.25 bits per heavy atom. The average Bonchev–Trinajstić information content (AvgIpc) is 2.97. The predicted octanol–water partition coefficient (Wildman–Crippen LogP) is 3.18. The van der Waals surface area contributed by atoms with Gasteiger partial charge in [0, 0.05) is 35.8 Å². The van der Waals surface area contributed by atoms with Crippen molar-refractivity contribution in [3.05, 3.63) is 21.9 Å². The standard InChI is InChI=1S/C17H28N4OS.HI/c1-13-8-9-15(23-13)12-20-17(18-2)19-11-10-16(22)21-14-6-4-3-5-7-14;/h8-9,14H,3-7,10-12H2,1-2H3,(H,21,22)(H2,18,19,20);1H. The summed E-state index contributed by atoms with van der Waals surface area (Å²) in [4.78, 5) is 18.7. The maximum atomic E-state index is 12.0. The van der Waals surface area contributed by atoms with Gasteiger partial charge in [-0.3, -0.25) is 9.79 Å². The molecule has 0 unspecified atom stereocenters. The molecule has 0 spiro atoms. The zero-order valence-corrected chi connectivity index (χ0v) is 17.7. The highest BCUT2D eigenvalue weighted by atomic mass is 127. The molecule has 2 rings (SSSR count). The number of halogens is 1. The first-order valence-electron chi connectivity index (χ1n) is 8.46. The predicted molar refractivity (Wildman–Crippen MR) is 112 cm³/mol. The van der Waals surface area contributed by atoms with Crippen LogP contribution in [-0.2, 0) is 11.3 Å². The molecule has 1 amide bonds. The van der Waals surface area contributed by atoms with Crippen LogP contribution >= 0.6 is 35.3 Å². The highest BCUT2D eigenvalue weighted by Gasteiger charge is 2.15. The molecule has 0 aromatic carbocycles. The van der Waals surface area contributed by atoms with Gasteiger partial charge in [0.05, 0.1) is 6.54 Å². The quantitative estimate of drug-likeness (QED) is 0.344. The highest BCUT2D eigenvalue weighted by molar-refractivity contribution is 14.0. The Morgan fingerprint density at radius 2 is 2.00 bits per heavy atom. The third-order valence-electron chi connectivity index (χ3n) is 4.06. The number of nitrogens with one attached hydrogen (secondary N) is 3. The van der Waals surface area contributed by atoms with Gasteiger partial charge in [-0.1, -0.05) is 19.3 Å². The minimum Gasteiger partial charge on any atom is -0.356 e. The summed E-state index contributed by atoms with van der Waals surface area (Å²) in [6, 6.07) is 4.63. The Labute approximate surface area is 166 Å². The second-order valence-corrected chi connectivity index (χ2v) is 7.39. The zero-order valence-electron chi connectivity index (χ0n) is 14.6. The van der Waals surface area contributed by atoms with Gasteiger partial charge in [0.25, 0.3) is 0 Å². The molecule has 0 aliphatic heterocycles. The second kappa shape index (κ2) is 11.7. The van der Waals surface area contributed by atoms with Crippen LogP contribution in [0.15, 0.2) is 17.1 Å². The lowest BCUT2D eigenvalue weighted by atomic mass is 9.95. The van der Waals surface area contributed by atoms with Crippen LogP contribution in [0.3, 0.4) is 0 Å². The van der Waals surface area contributed by atoms with E-state index in [0.717, 1.165) is 25.3 Å². The smallest absolute Gasteiger partial charge is 0.221 e. The fourth-order valence-electron chi connectivity index (χ4n) is 2.81. The first kappa shape index (κ1) is 21.2. The van der Waals surface area contributed by atoms with Crippen LogP contribution in [0.4, 0.5) is 0 Å². The van der Waals surface area contributed by atoms with Gasteiger partial charge < -0.3 is 16.0 Å². The van der Waals surface area contributed by atoms with E-state index < -0.39 is 0 Å². The number of carbonyl (C=O) groups excluding carboxylic acids is 1. The third-order valence-corrected chi connectivity index (χ3v) is 5.07. The van der Waals surface area contributed by atoms with Crippen molar-refractivity contribution < 1.29 is 4.79 Å². The summed E-state index contributed by atoms with van der Waals surface area (Å²) in [6.07, 6.45) is 6.52. The van der Waals surface area contributed by atoms with Gasteiger partial charge >= 0.3 is 0 Å². The summed E-state index contributed by atoms with van der Waals surface area (Å²) in [7, 11) is 1.75. The van der Waals surface area contributed by atoms with Gasteiger partial charge in [0.2, 0.25) is 5.91 Å². The van der Waals surface area contributed by atoms with Gasteiger partial charge in [-0.25, -0.2) is 0 Å². The van der Waals surface area contributed by atoms with Crippen LogP contribution in [-0.4, -0.2) is 31.5 Å². The number of guanidine groups is 1. The Balaban J connectivity index is 0.00000288. The summed E-state index contributed by atoms with van der Waals surface area (Å²) in [5.41, 5.74) is 0. The summed E-state index contributed by atoms with van der Waals surface area (Å²) >= 11 is 1.78. The maximum Gasteiger partial charge on any atom is 0.221 e. The Morgan fingerprint density at radius 3 is 2.62 bits per heavy atom. The molecule has 0 atom stereocenters. The van der Waals surface area contributed by atoms with Gasteiger partial charge in [-0.2, -0.15) is 0 Å². The molecule has 1 aromatic rings. The summed E-state index contributed by atoms with van der Waals surface area (Å²) in [5, 5.41) is 9.60. The Bertz CT molecular complexity index is 526. The first-order chi connectivity index (χ1) is 11.2. The van der Waals surface area contributed by atoms with Crippen LogP contribution in [0.5, 0.6) is 0 Å². The monoisotopic (exact) mass is 464 g/mol. The molecule has 1 saturated carbocycles. The normalized spacial score (nSPS) is 15.5. The minimum absolute atomic E-state index is 0. The molecule has 0 saturated heterocycles. The molecule has 0 bridgehead atoms. The molecule has 5 nitrogen and oxygen atoms in total. The van der Waals surface area contributed by atoms with Crippen molar-refractivity contribution in [1.29, 1.82) is 0 Å². The SMILES string of the molecule is CN=C(NCCC(=O)NC1CCCCC1)NCc1ccc(C)s1.I.